The highest BCUT2D eigenvalue weighted by Gasteiger charge is 2.21. The lowest BCUT2D eigenvalue weighted by Gasteiger charge is -2.25. The van der Waals surface area contributed by atoms with Crippen molar-refractivity contribution in [3.8, 4) is 23.0 Å². The highest BCUT2D eigenvalue weighted by atomic mass is 16.6. The van der Waals surface area contributed by atoms with E-state index in [1.165, 1.54) is 0 Å². The van der Waals surface area contributed by atoms with Crippen LogP contribution in [0.5, 0.6) is 23.0 Å². The minimum absolute atomic E-state index is 0.0538. The molecule has 2 aromatic carbocycles. The number of nitrogens with one attached hydrogen (secondary N) is 1. The third kappa shape index (κ3) is 5.09. The molecule has 0 saturated carbocycles. The van der Waals surface area contributed by atoms with Crippen LogP contribution in [-0.2, 0) is 4.79 Å². The molecule has 1 N–H and O–H groups in total. The molecule has 6 nitrogen and oxygen atoms in total. The molecule has 0 unspecified atom stereocenters. The SMILES string of the molecule is CCOc1ccc(OCC(=O)N[C@H](c2ccc3c(c2)OCCO3)C(C)C)cc1. The standard InChI is InChI=1S/C22H27NO5/c1-4-25-17-6-8-18(9-7-17)28-14-21(24)23-22(15(2)3)16-5-10-19-20(13-16)27-12-11-26-19/h5-10,13,15,22H,4,11-12,14H2,1-3H3,(H,23,24)/t22-/m0/s1. The molecule has 0 aromatic heterocycles. The van der Waals surface area contributed by atoms with Crippen LogP contribution in [0.4, 0.5) is 0 Å². The van der Waals surface area contributed by atoms with Gasteiger partial charge in [-0.1, -0.05) is 19.9 Å². The van der Waals surface area contributed by atoms with Gasteiger partial charge in [0.1, 0.15) is 24.7 Å². The minimum atomic E-state index is -0.178. The first-order valence-corrected chi connectivity index (χ1v) is 9.61. The molecule has 0 spiro atoms. The van der Waals surface area contributed by atoms with Crippen LogP contribution in [0, 0.1) is 5.92 Å². The largest absolute Gasteiger partial charge is 0.494 e. The third-order valence-corrected chi connectivity index (χ3v) is 4.41. The summed E-state index contributed by atoms with van der Waals surface area (Å²) in [7, 11) is 0. The van der Waals surface area contributed by atoms with E-state index >= 15 is 0 Å². The Kier molecular flexibility index (Phi) is 6.63. The van der Waals surface area contributed by atoms with Crippen molar-refractivity contribution in [1.82, 2.24) is 5.32 Å². The van der Waals surface area contributed by atoms with E-state index in [0.29, 0.717) is 31.3 Å². The highest BCUT2D eigenvalue weighted by molar-refractivity contribution is 5.78. The molecule has 1 amide bonds. The fraction of sp³-hybridized carbons (Fsp3) is 0.409. The molecule has 0 aliphatic carbocycles. The Hall–Kier alpha value is -2.89. The second kappa shape index (κ2) is 9.35. The van der Waals surface area contributed by atoms with Gasteiger partial charge in [0.15, 0.2) is 18.1 Å². The molecule has 150 valence electrons. The number of ether oxygens (including phenoxy) is 4. The van der Waals surface area contributed by atoms with Crippen molar-refractivity contribution in [3.05, 3.63) is 48.0 Å². The Labute approximate surface area is 165 Å². The second-order valence-corrected chi connectivity index (χ2v) is 6.89. The molecule has 0 radical (unpaired) electrons. The molecule has 1 heterocycles. The van der Waals surface area contributed by atoms with Crippen LogP contribution in [0.3, 0.4) is 0 Å². The first kappa shape index (κ1) is 19.9. The molecule has 0 fully saturated rings. The minimum Gasteiger partial charge on any atom is -0.494 e. The van der Waals surface area contributed by atoms with Crippen LogP contribution in [0.1, 0.15) is 32.4 Å². The van der Waals surface area contributed by atoms with Crippen molar-refractivity contribution in [1.29, 1.82) is 0 Å². The molecule has 28 heavy (non-hydrogen) atoms. The number of rotatable bonds is 8. The number of hydrogen-bond acceptors (Lipinski definition) is 5. The van der Waals surface area contributed by atoms with Crippen LogP contribution in [0.15, 0.2) is 42.5 Å². The molecule has 2 aromatic rings. The lowest BCUT2D eigenvalue weighted by molar-refractivity contribution is -0.124. The van der Waals surface area contributed by atoms with Gasteiger partial charge in [-0.25, -0.2) is 0 Å². The van der Waals surface area contributed by atoms with Gasteiger partial charge in [-0.3, -0.25) is 4.79 Å². The predicted octanol–water partition coefficient (Wildman–Crippen LogP) is 3.75. The summed E-state index contributed by atoms with van der Waals surface area (Å²) in [6.07, 6.45) is 0. The van der Waals surface area contributed by atoms with Gasteiger partial charge in [0, 0.05) is 0 Å². The summed E-state index contributed by atoms with van der Waals surface area (Å²) in [4.78, 5) is 12.4. The topological polar surface area (TPSA) is 66.0 Å². The fourth-order valence-electron chi connectivity index (χ4n) is 3.05. The summed E-state index contributed by atoms with van der Waals surface area (Å²) in [5.41, 5.74) is 0.980. The molecule has 3 rings (SSSR count). The van der Waals surface area contributed by atoms with Crippen molar-refractivity contribution in [2.24, 2.45) is 5.92 Å². The smallest absolute Gasteiger partial charge is 0.258 e. The van der Waals surface area contributed by atoms with E-state index in [4.69, 9.17) is 18.9 Å². The number of benzene rings is 2. The van der Waals surface area contributed by atoms with Crippen LogP contribution in [0.2, 0.25) is 0 Å². The van der Waals surface area contributed by atoms with E-state index < -0.39 is 0 Å². The maximum atomic E-state index is 12.4. The number of fused-ring (bicyclic) bond motifs is 1. The predicted molar refractivity (Wildman–Crippen MR) is 106 cm³/mol. The highest BCUT2D eigenvalue weighted by Crippen LogP contribution is 2.34. The Morgan fingerprint density at radius 1 is 1.00 bits per heavy atom. The van der Waals surface area contributed by atoms with E-state index in [1.54, 1.807) is 12.1 Å². The van der Waals surface area contributed by atoms with E-state index in [1.807, 2.05) is 37.3 Å². The quantitative estimate of drug-likeness (QED) is 0.750. The summed E-state index contributed by atoms with van der Waals surface area (Å²) < 4.78 is 22.2. The van der Waals surface area contributed by atoms with Crippen LogP contribution in [-0.4, -0.2) is 32.3 Å². The van der Waals surface area contributed by atoms with Crippen molar-refractivity contribution < 1.29 is 23.7 Å². The summed E-state index contributed by atoms with van der Waals surface area (Å²) >= 11 is 0. The van der Waals surface area contributed by atoms with Crippen LogP contribution < -0.4 is 24.3 Å². The summed E-state index contributed by atoms with van der Waals surface area (Å²) in [6.45, 7) is 7.71. The zero-order valence-electron chi connectivity index (χ0n) is 16.6. The zero-order valence-corrected chi connectivity index (χ0v) is 16.6. The zero-order chi connectivity index (χ0) is 19.9. The first-order chi connectivity index (χ1) is 13.6. The van der Waals surface area contributed by atoms with Gasteiger partial charge >= 0.3 is 0 Å². The Balaban J connectivity index is 1.60. The summed E-state index contributed by atoms with van der Waals surface area (Å²) in [6, 6.07) is 12.9. The average molecular weight is 385 g/mol. The first-order valence-electron chi connectivity index (χ1n) is 9.61. The average Bonchev–Trinajstić information content (AvgIpc) is 2.71. The third-order valence-electron chi connectivity index (χ3n) is 4.41. The molecule has 1 aliphatic rings. The van der Waals surface area contributed by atoms with Gasteiger partial charge in [0.25, 0.3) is 5.91 Å². The lowest BCUT2D eigenvalue weighted by atomic mass is 9.95. The van der Waals surface area contributed by atoms with E-state index in [9.17, 15) is 4.79 Å². The maximum Gasteiger partial charge on any atom is 0.258 e. The fourth-order valence-corrected chi connectivity index (χ4v) is 3.05. The number of amides is 1. The number of carbonyl (C=O) groups excluding carboxylic acids is 1. The van der Waals surface area contributed by atoms with Crippen LogP contribution in [0.25, 0.3) is 0 Å². The van der Waals surface area contributed by atoms with Crippen molar-refractivity contribution in [2.45, 2.75) is 26.8 Å². The monoisotopic (exact) mass is 385 g/mol. The second-order valence-electron chi connectivity index (χ2n) is 6.89. The maximum absolute atomic E-state index is 12.4. The number of hydrogen-bond donors (Lipinski definition) is 1. The Bertz CT molecular complexity index is 788. The van der Waals surface area contributed by atoms with E-state index in [0.717, 1.165) is 17.1 Å². The van der Waals surface area contributed by atoms with Gasteiger partial charge in [-0.15, -0.1) is 0 Å². The van der Waals surface area contributed by atoms with Gasteiger partial charge in [0.2, 0.25) is 0 Å². The molecule has 0 saturated heterocycles. The summed E-state index contributed by atoms with van der Waals surface area (Å²) in [5.74, 6) is 2.88. The normalized spacial score (nSPS) is 13.7. The lowest BCUT2D eigenvalue weighted by Crippen LogP contribution is -2.35. The van der Waals surface area contributed by atoms with Crippen LogP contribution >= 0.6 is 0 Å². The number of carbonyl (C=O) groups is 1. The van der Waals surface area contributed by atoms with Gasteiger partial charge in [0.05, 0.1) is 12.6 Å². The molecule has 0 bridgehead atoms. The van der Waals surface area contributed by atoms with Crippen molar-refractivity contribution in [2.75, 3.05) is 26.4 Å². The molecule has 6 heteroatoms. The Morgan fingerprint density at radius 2 is 1.64 bits per heavy atom. The van der Waals surface area contributed by atoms with Crippen molar-refractivity contribution in [3.63, 3.8) is 0 Å². The molecular formula is C22H27NO5. The van der Waals surface area contributed by atoms with E-state index in [2.05, 4.69) is 19.2 Å². The van der Waals surface area contributed by atoms with Gasteiger partial charge < -0.3 is 24.3 Å². The molecular weight excluding hydrogens is 358 g/mol. The molecule has 1 aliphatic heterocycles. The van der Waals surface area contributed by atoms with Gasteiger partial charge in [-0.2, -0.15) is 0 Å². The van der Waals surface area contributed by atoms with E-state index in [-0.39, 0.29) is 24.5 Å². The molecule has 1 atom stereocenters. The van der Waals surface area contributed by atoms with Gasteiger partial charge in [-0.05, 0) is 54.8 Å². The van der Waals surface area contributed by atoms with Crippen molar-refractivity contribution >= 4 is 5.91 Å². The summed E-state index contributed by atoms with van der Waals surface area (Å²) in [5, 5.41) is 3.06. The Morgan fingerprint density at radius 3 is 2.29 bits per heavy atom.